The second-order valence-corrected chi connectivity index (χ2v) is 9.05. The van der Waals surface area contributed by atoms with Crippen LogP contribution >= 0.6 is 0 Å². The SMILES string of the molecule is Cc1cc(C#N)cnc1C(=O)Nc1ccc(F)c(C2(C(F)F)COCC(NC(=O)OC(C)(C)C)=N2)c1. The number of hydrogen-bond acceptors (Lipinski definition) is 7. The van der Waals surface area contributed by atoms with Gasteiger partial charge in [-0.2, -0.15) is 5.26 Å². The molecule has 0 radical (unpaired) electrons. The van der Waals surface area contributed by atoms with Crippen molar-refractivity contribution in [2.45, 2.75) is 45.3 Å². The molecule has 1 aromatic carbocycles. The molecule has 1 aromatic heterocycles. The summed E-state index contributed by atoms with van der Waals surface area (Å²) in [5.74, 6) is -1.95. The van der Waals surface area contributed by atoms with E-state index in [0.29, 0.717) is 5.56 Å². The number of nitriles is 1. The van der Waals surface area contributed by atoms with Crippen LogP contribution in [0.5, 0.6) is 0 Å². The molecule has 9 nitrogen and oxygen atoms in total. The zero-order valence-corrected chi connectivity index (χ0v) is 20.0. The lowest BCUT2D eigenvalue weighted by Gasteiger charge is -2.34. The van der Waals surface area contributed by atoms with Crippen molar-refractivity contribution in [1.29, 1.82) is 5.26 Å². The van der Waals surface area contributed by atoms with Crippen molar-refractivity contribution in [3.8, 4) is 6.07 Å². The maximum absolute atomic E-state index is 14.9. The van der Waals surface area contributed by atoms with E-state index in [0.717, 1.165) is 12.1 Å². The lowest BCUT2D eigenvalue weighted by molar-refractivity contribution is -0.0156. The maximum Gasteiger partial charge on any atom is 0.413 e. The number of amidine groups is 1. The first-order valence-electron chi connectivity index (χ1n) is 10.8. The zero-order chi connectivity index (χ0) is 26.7. The summed E-state index contributed by atoms with van der Waals surface area (Å²) in [6.45, 7) is 5.49. The molecule has 1 unspecified atom stereocenters. The van der Waals surface area contributed by atoms with Crippen molar-refractivity contribution in [3.63, 3.8) is 0 Å². The van der Waals surface area contributed by atoms with E-state index in [1.165, 1.54) is 18.3 Å². The fraction of sp³-hybridized carbons (Fsp3) is 0.375. The smallest absolute Gasteiger partial charge is 0.413 e. The van der Waals surface area contributed by atoms with Crippen LogP contribution in [0.25, 0.3) is 0 Å². The normalized spacial score (nSPS) is 17.7. The number of amides is 2. The van der Waals surface area contributed by atoms with Crippen molar-refractivity contribution in [2.75, 3.05) is 18.5 Å². The van der Waals surface area contributed by atoms with Gasteiger partial charge in [-0.05, 0) is 57.5 Å². The van der Waals surface area contributed by atoms with E-state index in [1.54, 1.807) is 27.7 Å². The van der Waals surface area contributed by atoms with Gasteiger partial charge in [0.2, 0.25) is 0 Å². The Balaban J connectivity index is 1.93. The lowest BCUT2D eigenvalue weighted by Crippen LogP contribution is -2.48. The van der Waals surface area contributed by atoms with Gasteiger partial charge in [-0.25, -0.2) is 27.9 Å². The summed E-state index contributed by atoms with van der Waals surface area (Å²) < 4.78 is 54.0. The number of pyridine rings is 1. The molecule has 1 aliphatic heterocycles. The van der Waals surface area contributed by atoms with Gasteiger partial charge in [0.25, 0.3) is 12.3 Å². The van der Waals surface area contributed by atoms with E-state index in [2.05, 4.69) is 20.6 Å². The van der Waals surface area contributed by atoms with Crippen LogP contribution in [0.4, 0.5) is 23.7 Å². The molecule has 2 aromatic rings. The van der Waals surface area contributed by atoms with Crippen LogP contribution in [0.3, 0.4) is 0 Å². The summed E-state index contributed by atoms with van der Waals surface area (Å²) in [6, 6.07) is 6.52. The Morgan fingerprint density at radius 1 is 1.25 bits per heavy atom. The van der Waals surface area contributed by atoms with E-state index in [9.17, 15) is 22.8 Å². The van der Waals surface area contributed by atoms with E-state index >= 15 is 0 Å². The average Bonchev–Trinajstić information content (AvgIpc) is 2.78. The van der Waals surface area contributed by atoms with Crippen molar-refractivity contribution in [1.82, 2.24) is 10.3 Å². The molecular weight excluding hydrogens is 479 g/mol. The van der Waals surface area contributed by atoms with Gasteiger partial charge in [-0.15, -0.1) is 0 Å². The third-order valence-electron chi connectivity index (χ3n) is 5.01. The third-order valence-corrected chi connectivity index (χ3v) is 5.01. The Kier molecular flexibility index (Phi) is 7.64. The van der Waals surface area contributed by atoms with Gasteiger partial charge in [-0.3, -0.25) is 10.1 Å². The molecule has 12 heteroatoms. The fourth-order valence-electron chi connectivity index (χ4n) is 3.46. The van der Waals surface area contributed by atoms with Gasteiger partial charge in [0.05, 0.1) is 12.2 Å². The van der Waals surface area contributed by atoms with Gasteiger partial charge in [0.1, 0.15) is 35.6 Å². The monoisotopic (exact) mass is 503 g/mol. The van der Waals surface area contributed by atoms with Crippen LogP contribution in [0.2, 0.25) is 0 Å². The number of carbonyl (C=O) groups excluding carboxylic acids is 2. The van der Waals surface area contributed by atoms with Crippen LogP contribution < -0.4 is 10.6 Å². The number of halogens is 3. The highest BCUT2D eigenvalue weighted by molar-refractivity contribution is 6.04. The number of alkyl carbamates (subject to hydrolysis) is 1. The zero-order valence-electron chi connectivity index (χ0n) is 20.0. The summed E-state index contributed by atoms with van der Waals surface area (Å²) >= 11 is 0. The van der Waals surface area contributed by atoms with Gasteiger partial charge in [-0.1, -0.05) is 0 Å². The highest BCUT2D eigenvalue weighted by Gasteiger charge is 2.47. The van der Waals surface area contributed by atoms with Crippen LogP contribution in [0, 0.1) is 24.1 Å². The third kappa shape index (κ3) is 5.98. The maximum atomic E-state index is 14.9. The van der Waals surface area contributed by atoms with Crippen molar-refractivity contribution in [2.24, 2.45) is 4.99 Å². The average molecular weight is 503 g/mol. The number of nitrogens with zero attached hydrogens (tertiary/aromatic N) is 3. The van der Waals surface area contributed by atoms with Gasteiger partial charge in [0, 0.05) is 17.4 Å². The van der Waals surface area contributed by atoms with Crippen molar-refractivity contribution >= 4 is 23.5 Å². The lowest BCUT2D eigenvalue weighted by atomic mass is 9.90. The Hall–Kier alpha value is -3.98. The Bertz CT molecular complexity index is 1250. The largest absolute Gasteiger partial charge is 0.444 e. The molecule has 3 rings (SSSR count). The number of nitrogens with one attached hydrogen (secondary N) is 2. The Morgan fingerprint density at radius 2 is 1.97 bits per heavy atom. The molecule has 0 aliphatic carbocycles. The number of hydrogen-bond donors (Lipinski definition) is 2. The molecule has 0 bridgehead atoms. The van der Waals surface area contributed by atoms with Crippen LogP contribution in [-0.4, -0.2) is 48.1 Å². The molecule has 0 saturated heterocycles. The Morgan fingerprint density at radius 3 is 2.58 bits per heavy atom. The van der Waals surface area contributed by atoms with Crippen molar-refractivity contribution in [3.05, 3.63) is 58.7 Å². The number of rotatable bonds is 4. The first-order valence-corrected chi connectivity index (χ1v) is 10.8. The van der Waals surface area contributed by atoms with E-state index in [-0.39, 0.29) is 29.4 Å². The Labute approximate surface area is 205 Å². The topological polar surface area (TPSA) is 126 Å². The first kappa shape index (κ1) is 26.6. The molecule has 0 saturated carbocycles. The van der Waals surface area contributed by atoms with Gasteiger partial charge >= 0.3 is 6.09 Å². The van der Waals surface area contributed by atoms with Crippen LogP contribution in [0.15, 0.2) is 35.5 Å². The van der Waals surface area contributed by atoms with E-state index in [1.807, 2.05) is 6.07 Å². The summed E-state index contributed by atoms with van der Waals surface area (Å²) in [7, 11) is 0. The molecule has 2 heterocycles. The van der Waals surface area contributed by atoms with Gasteiger partial charge in [0.15, 0.2) is 5.54 Å². The standard InChI is InChI=1S/C24H24F3N5O4/c1-13-7-14(9-28)10-29-19(13)20(33)30-15-5-6-17(25)16(8-15)24(21(26)27)12-35-11-18(32-24)31-22(34)36-23(2,3)4/h5-8,10,21H,11-12H2,1-4H3,(H,30,33)(H,31,32,34). The van der Waals surface area contributed by atoms with E-state index in [4.69, 9.17) is 14.7 Å². The molecule has 1 aliphatic rings. The molecule has 190 valence electrons. The highest BCUT2D eigenvalue weighted by Crippen LogP contribution is 2.38. The number of aliphatic imine (C=N–C) groups is 1. The fourth-order valence-corrected chi connectivity index (χ4v) is 3.46. The van der Waals surface area contributed by atoms with Gasteiger partial charge < -0.3 is 14.8 Å². The molecular formula is C24H24F3N5O4. The predicted octanol–water partition coefficient (Wildman–Crippen LogP) is 4.07. The number of aryl methyl sites for hydroxylation is 1. The minimum absolute atomic E-state index is 0.00408. The van der Waals surface area contributed by atoms with Crippen molar-refractivity contribution < 1.29 is 32.2 Å². The number of aromatic nitrogens is 1. The van der Waals surface area contributed by atoms with Crippen LogP contribution in [0.1, 0.15) is 48.0 Å². The number of benzene rings is 1. The minimum atomic E-state index is -3.23. The predicted molar refractivity (Wildman–Crippen MR) is 123 cm³/mol. The highest BCUT2D eigenvalue weighted by atomic mass is 19.3. The minimum Gasteiger partial charge on any atom is -0.444 e. The molecule has 36 heavy (non-hydrogen) atoms. The second-order valence-electron chi connectivity index (χ2n) is 9.05. The van der Waals surface area contributed by atoms with Crippen LogP contribution in [-0.2, 0) is 15.0 Å². The number of anilines is 1. The van der Waals surface area contributed by atoms with E-state index < -0.39 is 47.6 Å². The first-order chi connectivity index (χ1) is 16.8. The quantitative estimate of drug-likeness (QED) is 0.648. The number of carbonyl (C=O) groups is 2. The number of alkyl halides is 2. The molecule has 0 fully saturated rings. The summed E-state index contributed by atoms with van der Waals surface area (Å²) in [5, 5.41) is 13.7. The molecule has 1 atom stereocenters. The molecule has 2 N–H and O–H groups in total. The summed E-state index contributed by atoms with van der Waals surface area (Å²) in [4.78, 5) is 32.7. The number of ether oxygens (including phenoxy) is 2. The second kappa shape index (κ2) is 10.3. The molecule has 0 spiro atoms. The summed E-state index contributed by atoms with van der Waals surface area (Å²) in [5.41, 5.74) is -3.19. The summed E-state index contributed by atoms with van der Waals surface area (Å²) in [6.07, 6.45) is -2.94. The molecule has 2 amide bonds.